The summed E-state index contributed by atoms with van der Waals surface area (Å²) >= 11 is 1.57. The van der Waals surface area contributed by atoms with Crippen molar-refractivity contribution in [3.8, 4) is 0 Å². The van der Waals surface area contributed by atoms with Crippen molar-refractivity contribution >= 4 is 23.4 Å². The molecule has 0 saturated heterocycles. The molecule has 2 aliphatic rings. The molecule has 1 aliphatic heterocycles. The van der Waals surface area contributed by atoms with Gasteiger partial charge in [-0.25, -0.2) is 0 Å². The molecule has 1 aliphatic carbocycles. The summed E-state index contributed by atoms with van der Waals surface area (Å²) in [5.74, 6) is 1.08. The van der Waals surface area contributed by atoms with Crippen LogP contribution in [0.3, 0.4) is 0 Å². The average Bonchev–Trinajstić information content (AvgIpc) is 3.00. The first-order valence-electron chi connectivity index (χ1n) is 5.84. The molecule has 0 aromatic heterocycles. The number of carbonyl (C=O) groups excluding carboxylic acids is 1. The highest BCUT2D eigenvalue weighted by molar-refractivity contribution is 8.00. The fourth-order valence-electron chi connectivity index (χ4n) is 2.59. The van der Waals surface area contributed by atoms with Crippen molar-refractivity contribution in [3.63, 3.8) is 0 Å². The summed E-state index contributed by atoms with van der Waals surface area (Å²) in [6, 6.07) is 6.17. The molecule has 1 aromatic rings. The van der Waals surface area contributed by atoms with E-state index in [9.17, 15) is 9.90 Å². The van der Waals surface area contributed by atoms with Gasteiger partial charge in [-0.2, -0.15) is 0 Å². The molecule has 17 heavy (non-hydrogen) atoms. The average molecular weight is 249 g/mol. The van der Waals surface area contributed by atoms with Crippen LogP contribution in [0.15, 0.2) is 23.1 Å². The normalized spacial score (nSPS) is 30.7. The summed E-state index contributed by atoms with van der Waals surface area (Å²) in [6.45, 7) is 2.34. The molecule has 1 fully saturated rings. The molecule has 3 rings (SSSR count). The standard InChI is InChI=1S/C13H15NO2S/c1-8-5-13(8,7-15)9-2-3-11-10(4-9)14-12(16)6-17-11/h2-4,8,15H,5-7H2,1H3,(H,14,16). The molecule has 0 spiro atoms. The van der Waals surface area contributed by atoms with E-state index in [1.165, 1.54) is 0 Å². The van der Waals surface area contributed by atoms with Crippen molar-refractivity contribution in [2.75, 3.05) is 17.7 Å². The fourth-order valence-corrected chi connectivity index (χ4v) is 3.38. The second-order valence-electron chi connectivity index (χ2n) is 4.97. The van der Waals surface area contributed by atoms with E-state index in [4.69, 9.17) is 0 Å². The number of nitrogens with one attached hydrogen (secondary N) is 1. The predicted molar refractivity (Wildman–Crippen MR) is 68.3 cm³/mol. The van der Waals surface area contributed by atoms with E-state index in [0.717, 1.165) is 22.6 Å². The van der Waals surface area contributed by atoms with Crippen LogP contribution in [0.4, 0.5) is 5.69 Å². The molecule has 1 saturated carbocycles. The quantitative estimate of drug-likeness (QED) is 0.843. The van der Waals surface area contributed by atoms with Crippen LogP contribution in [0.1, 0.15) is 18.9 Å². The van der Waals surface area contributed by atoms with E-state index in [0.29, 0.717) is 11.7 Å². The smallest absolute Gasteiger partial charge is 0.234 e. The van der Waals surface area contributed by atoms with Gasteiger partial charge in [0, 0.05) is 10.3 Å². The number of fused-ring (bicyclic) bond motifs is 1. The summed E-state index contributed by atoms with van der Waals surface area (Å²) < 4.78 is 0. The number of hydrogen-bond acceptors (Lipinski definition) is 3. The van der Waals surface area contributed by atoms with E-state index < -0.39 is 0 Å². The van der Waals surface area contributed by atoms with Crippen LogP contribution < -0.4 is 5.32 Å². The molecule has 0 radical (unpaired) electrons. The number of hydrogen-bond donors (Lipinski definition) is 2. The monoisotopic (exact) mass is 249 g/mol. The summed E-state index contributed by atoms with van der Waals surface area (Å²) in [6.07, 6.45) is 1.03. The van der Waals surface area contributed by atoms with Crippen molar-refractivity contribution in [1.82, 2.24) is 0 Å². The number of thioether (sulfide) groups is 1. The number of benzene rings is 1. The lowest BCUT2D eigenvalue weighted by molar-refractivity contribution is -0.113. The number of aliphatic hydroxyl groups is 1. The summed E-state index contributed by atoms with van der Waals surface area (Å²) in [5.41, 5.74) is 1.98. The first kappa shape index (κ1) is 11.1. The molecular formula is C13H15NO2S. The molecule has 3 nitrogen and oxygen atoms in total. The van der Waals surface area contributed by atoms with Crippen molar-refractivity contribution in [2.24, 2.45) is 5.92 Å². The number of aliphatic hydroxyl groups excluding tert-OH is 1. The van der Waals surface area contributed by atoms with E-state index in [-0.39, 0.29) is 17.9 Å². The maximum atomic E-state index is 11.4. The third-order valence-electron chi connectivity index (χ3n) is 3.92. The van der Waals surface area contributed by atoms with Crippen LogP contribution in [-0.4, -0.2) is 23.4 Å². The minimum Gasteiger partial charge on any atom is -0.395 e. The molecule has 2 N–H and O–H groups in total. The maximum absolute atomic E-state index is 11.4. The van der Waals surface area contributed by atoms with Gasteiger partial charge < -0.3 is 10.4 Å². The molecule has 2 atom stereocenters. The van der Waals surface area contributed by atoms with Gasteiger partial charge in [0.05, 0.1) is 18.0 Å². The summed E-state index contributed by atoms with van der Waals surface area (Å²) in [5, 5.41) is 12.4. The van der Waals surface area contributed by atoms with Crippen molar-refractivity contribution in [2.45, 2.75) is 23.7 Å². The third kappa shape index (κ3) is 1.67. The highest BCUT2D eigenvalue weighted by atomic mass is 32.2. The Bertz CT molecular complexity index is 484. The Morgan fingerprint density at radius 1 is 1.59 bits per heavy atom. The molecule has 2 unspecified atom stereocenters. The second kappa shape index (κ2) is 3.75. The van der Waals surface area contributed by atoms with Crippen LogP contribution in [0, 0.1) is 5.92 Å². The largest absolute Gasteiger partial charge is 0.395 e. The van der Waals surface area contributed by atoms with Gasteiger partial charge in [-0.3, -0.25) is 4.79 Å². The van der Waals surface area contributed by atoms with Crippen molar-refractivity contribution in [1.29, 1.82) is 0 Å². The number of carbonyl (C=O) groups is 1. The Kier molecular flexibility index (Phi) is 2.45. The Labute approximate surface area is 105 Å². The van der Waals surface area contributed by atoms with Crippen molar-refractivity contribution in [3.05, 3.63) is 23.8 Å². The van der Waals surface area contributed by atoms with E-state index in [1.807, 2.05) is 6.07 Å². The van der Waals surface area contributed by atoms with Gasteiger partial charge in [-0.1, -0.05) is 13.0 Å². The zero-order valence-electron chi connectivity index (χ0n) is 9.69. The predicted octanol–water partition coefficient (Wildman–Crippen LogP) is 2.00. The van der Waals surface area contributed by atoms with Gasteiger partial charge in [0.2, 0.25) is 5.91 Å². The Hall–Kier alpha value is -1.000. The van der Waals surface area contributed by atoms with Crippen LogP contribution in [0.2, 0.25) is 0 Å². The van der Waals surface area contributed by atoms with E-state index in [1.54, 1.807) is 11.8 Å². The number of rotatable bonds is 2. The van der Waals surface area contributed by atoms with Gasteiger partial charge in [0.15, 0.2) is 0 Å². The zero-order valence-corrected chi connectivity index (χ0v) is 10.5. The highest BCUT2D eigenvalue weighted by Crippen LogP contribution is 2.54. The van der Waals surface area contributed by atoms with Crippen LogP contribution in [0.5, 0.6) is 0 Å². The van der Waals surface area contributed by atoms with Gasteiger partial charge in [0.1, 0.15) is 0 Å². The van der Waals surface area contributed by atoms with Gasteiger partial charge in [0.25, 0.3) is 0 Å². The molecule has 0 bridgehead atoms. The number of anilines is 1. The Balaban J connectivity index is 1.98. The topological polar surface area (TPSA) is 49.3 Å². The summed E-state index contributed by atoms with van der Waals surface area (Å²) in [7, 11) is 0. The highest BCUT2D eigenvalue weighted by Gasteiger charge is 2.52. The van der Waals surface area contributed by atoms with Crippen molar-refractivity contribution < 1.29 is 9.90 Å². The van der Waals surface area contributed by atoms with Crippen LogP contribution >= 0.6 is 11.8 Å². The number of amides is 1. The van der Waals surface area contributed by atoms with Gasteiger partial charge >= 0.3 is 0 Å². The second-order valence-corrected chi connectivity index (χ2v) is 5.98. The van der Waals surface area contributed by atoms with E-state index in [2.05, 4.69) is 24.4 Å². The molecule has 1 heterocycles. The SMILES string of the molecule is CC1CC1(CO)c1ccc2c(c1)NC(=O)CS2. The Morgan fingerprint density at radius 3 is 3.00 bits per heavy atom. The fraction of sp³-hybridized carbons (Fsp3) is 0.462. The van der Waals surface area contributed by atoms with Gasteiger partial charge in [-0.15, -0.1) is 11.8 Å². The lowest BCUT2D eigenvalue weighted by atomic mass is 9.94. The minimum atomic E-state index is -0.0676. The van der Waals surface area contributed by atoms with E-state index >= 15 is 0 Å². The molecule has 1 aromatic carbocycles. The maximum Gasteiger partial charge on any atom is 0.234 e. The van der Waals surface area contributed by atoms with Gasteiger partial charge in [-0.05, 0) is 30.0 Å². The minimum absolute atomic E-state index is 0.0570. The molecule has 4 heteroatoms. The first-order valence-corrected chi connectivity index (χ1v) is 6.82. The lowest BCUT2D eigenvalue weighted by Crippen LogP contribution is -2.20. The third-order valence-corrected chi connectivity index (χ3v) is 5.00. The summed E-state index contributed by atoms with van der Waals surface area (Å²) in [4.78, 5) is 12.5. The zero-order chi connectivity index (χ0) is 12.0. The lowest BCUT2D eigenvalue weighted by Gasteiger charge is -2.20. The molecule has 90 valence electrons. The molecule has 1 amide bonds. The van der Waals surface area contributed by atoms with Crippen LogP contribution in [0.25, 0.3) is 0 Å². The van der Waals surface area contributed by atoms with Crippen LogP contribution in [-0.2, 0) is 10.2 Å². The Morgan fingerprint density at radius 2 is 2.35 bits per heavy atom. The molecular weight excluding hydrogens is 234 g/mol. The first-order chi connectivity index (χ1) is 8.15.